The molecule has 2 spiro atoms. The van der Waals surface area contributed by atoms with Gasteiger partial charge in [-0.15, -0.1) is 0 Å². The van der Waals surface area contributed by atoms with E-state index in [0.717, 1.165) is 118 Å². The Morgan fingerprint density at radius 2 is 0.804 bits per heavy atom. The summed E-state index contributed by atoms with van der Waals surface area (Å²) in [6.45, 7) is 0. The summed E-state index contributed by atoms with van der Waals surface area (Å²) in [5.74, 6) is 4.54. The van der Waals surface area contributed by atoms with E-state index in [0.29, 0.717) is 11.6 Å². The van der Waals surface area contributed by atoms with Crippen LogP contribution in [0.1, 0.15) is 56.0 Å². The fourth-order valence-electron chi connectivity index (χ4n) is 16.0. The molecule has 0 bridgehead atoms. The summed E-state index contributed by atoms with van der Waals surface area (Å²) in [4.78, 5) is 26.0. The summed E-state index contributed by atoms with van der Waals surface area (Å²) in [6.07, 6.45) is 9.17. The minimum absolute atomic E-state index is 0.0205. The van der Waals surface area contributed by atoms with Crippen LogP contribution in [0.3, 0.4) is 0 Å². The van der Waals surface area contributed by atoms with E-state index in [-0.39, 0.29) is 11.8 Å². The van der Waals surface area contributed by atoms with E-state index in [1.54, 1.807) is 6.20 Å². The van der Waals surface area contributed by atoms with Crippen molar-refractivity contribution in [2.45, 2.75) is 16.7 Å². The first-order valence-corrected chi connectivity index (χ1v) is 31.4. The van der Waals surface area contributed by atoms with Gasteiger partial charge in [-0.2, -0.15) is 0 Å². The number of aromatic nitrogens is 5. The fourth-order valence-corrected chi connectivity index (χ4v) is 16.0. The number of allylic oxidation sites excluding steroid dienone is 4. The molecule has 3 aromatic heterocycles. The molecule has 5 aliphatic rings. The third-order valence-corrected chi connectivity index (χ3v) is 19.8. The molecule has 5 heterocycles. The SMILES string of the molecule is C1=CC2C(C=C1c1ccc(-c3cc(-c4ccccc4)nc(-c4ccc5c(c4)Oc4ccccc4C54c5ccccc5-c5ccccc54)n3)c3ccccc13)c1ccccc1C21c2ccccc2Oc2cc(-c3nc(-c4ccccc4)cc(-c4ccccn4)n3)ccc21. The molecule has 3 unspecified atom stereocenters. The summed E-state index contributed by atoms with van der Waals surface area (Å²) in [6, 6.07) is 101. The summed E-state index contributed by atoms with van der Waals surface area (Å²) < 4.78 is 14.0. The van der Waals surface area contributed by atoms with E-state index in [1.165, 1.54) is 39.0 Å². The topological polar surface area (TPSA) is 82.9 Å². The molecule has 0 N–H and O–H groups in total. The van der Waals surface area contributed by atoms with Crippen LogP contribution in [0, 0.1) is 5.92 Å². The van der Waals surface area contributed by atoms with Crippen molar-refractivity contribution >= 4 is 16.3 Å². The summed E-state index contributed by atoms with van der Waals surface area (Å²) >= 11 is 0. The lowest BCUT2D eigenvalue weighted by Crippen LogP contribution is -2.37. The van der Waals surface area contributed by atoms with Gasteiger partial charge in [-0.25, -0.2) is 19.9 Å². The largest absolute Gasteiger partial charge is 0.457 e. The number of rotatable bonds is 7. The summed E-state index contributed by atoms with van der Waals surface area (Å²) in [5.41, 5.74) is 22.0. The lowest BCUT2D eigenvalue weighted by atomic mass is 9.61. The zero-order valence-electron chi connectivity index (χ0n) is 49.7. The number of para-hydroxylation sites is 2. The highest BCUT2D eigenvalue weighted by molar-refractivity contribution is 6.04. The minimum Gasteiger partial charge on any atom is -0.457 e. The van der Waals surface area contributed by atoms with Gasteiger partial charge in [0.1, 0.15) is 23.0 Å². The third-order valence-electron chi connectivity index (χ3n) is 19.8. The second-order valence-corrected chi connectivity index (χ2v) is 24.5. The number of pyridine rings is 1. The molecule has 430 valence electrons. The molecule has 11 aromatic carbocycles. The number of ether oxygens (including phenoxy) is 2. The van der Waals surface area contributed by atoms with Crippen molar-refractivity contribution in [3.8, 4) is 102 Å². The van der Waals surface area contributed by atoms with Gasteiger partial charge >= 0.3 is 0 Å². The first kappa shape index (κ1) is 52.1. The zero-order valence-corrected chi connectivity index (χ0v) is 49.7. The molecule has 3 aliphatic carbocycles. The van der Waals surface area contributed by atoms with Gasteiger partial charge in [-0.05, 0) is 104 Å². The Bertz CT molecular complexity index is 5350. The monoisotopic (exact) mass is 1180 g/mol. The maximum absolute atomic E-state index is 7.05. The highest BCUT2D eigenvalue weighted by Crippen LogP contribution is 2.66. The van der Waals surface area contributed by atoms with Crippen LogP contribution < -0.4 is 9.47 Å². The molecule has 3 atom stereocenters. The molecule has 19 rings (SSSR count). The van der Waals surface area contributed by atoms with Crippen LogP contribution in [0.25, 0.3) is 95.4 Å². The van der Waals surface area contributed by atoms with Crippen molar-refractivity contribution in [1.82, 2.24) is 24.9 Å². The van der Waals surface area contributed by atoms with E-state index < -0.39 is 10.8 Å². The molecule has 2 aliphatic heterocycles. The van der Waals surface area contributed by atoms with E-state index in [4.69, 9.17) is 34.4 Å². The first-order chi connectivity index (χ1) is 45.6. The van der Waals surface area contributed by atoms with Crippen LogP contribution in [0.5, 0.6) is 23.0 Å². The molecule has 7 nitrogen and oxygen atoms in total. The molecule has 0 amide bonds. The van der Waals surface area contributed by atoms with Gasteiger partial charge in [-0.3, -0.25) is 4.98 Å². The van der Waals surface area contributed by atoms with Crippen molar-refractivity contribution in [3.63, 3.8) is 0 Å². The molecule has 14 aromatic rings. The fraction of sp³-hybridized carbons (Fsp3) is 0.0471. The Hall–Kier alpha value is -11.9. The van der Waals surface area contributed by atoms with Crippen molar-refractivity contribution in [1.29, 1.82) is 0 Å². The maximum atomic E-state index is 7.05. The van der Waals surface area contributed by atoms with E-state index in [9.17, 15) is 0 Å². The molecule has 0 fully saturated rings. The molecule has 0 saturated heterocycles. The lowest BCUT2D eigenvalue weighted by Gasteiger charge is -2.43. The zero-order chi connectivity index (χ0) is 60.5. The van der Waals surface area contributed by atoms with Crippen LogP contribution in [0.4, 0.5) is 0 Å². The van der Waals surface area contributed by atoms with Gasteiger partial charge < -0.3 is 9.47 Å². The Kier molecular flexibility index (Phi) is 11.5. The van der Waals surface area contributed by atoms with Gasteiger partial charge in [-0.1, -0.05) is 255 Å². The maximum Gasteiger partial charge on any atom is 0.160 e. The van der Waals surface area contributed by atoms with E-state index in [2.05, 4.69) is 255 Å². The highest BCUT2D eigenvalue weighted by Gasteiger charge is 2.57. The molecular formula is C85H53N5O2. The predicted octanol–water partition coefficient (Wildman–Crippen LogP) is 20.1. The molecule has 0 saturated carbocycles. The van der Waals surface area contributed by atoms with Gasteiger partial charge in [0.2, 0.25) is 0 Å². The second kappa shape index (κ2) is 20.3. The van der Waals surface area contributed by atoms with Crippen molar-refractivity contribution < 1.29 is 9.47 Å². The Morgan fingerprint density at radius 1 is 0.315 bits per heavy atom. The quantitative estimate of drug-likeness (QED) is 0.157. The van der Waals surface area contributed by atoms with Crippen molar-refractivity contribution in [2.75, 3.05) is 0 Å². The Balaban J connectivity index is 0.719. The first-order valence-electron chi connectivity index (χ1n) is 31.4. The Morgan fingerprint density at radius 3 is 1.48 bits per heavy atom. The van der Waals surface area contributed by atoms with Crippen molar-refractivity contribution in [2.24, 2.45) is 5.92 Å². The van der Waals surface area contributed by atoms with Crippen LogP contribution in [-0.4, -0.2) is 24.9 Å². The molecule has 7 heteroatoms. The van der Waals surface area contributed by atoms with E-state index >= 15 is 0 Å². The molecule has 0 radical (unpaired) electrons. The molecular weight excluding hydrogens is 1120 g/mol. The van der Waals surface area contributed by atoms with Crippen LogP contribution >= 0.6 is 0 Å². The third kappa shape index (κ3) is 7.66. The predicted molar refractivity (Wildman–Crippen MR) is 366 cm³/mol. The lowest BCUT2D eigenvalue weighted by molar-refractivity contribution is 0.374. The summed E-state index contributed by atoms with van der Waals surface area (Å²) in [5, 5.41) is 2.25. The number of fused-ring (bicyclic) bond motifs is 19. The van der Waals surface area contributed by atoms with Gasteiger partial charge in [0.25, 0.3) is 0 Å². The average Bonchev–Trinajstić information content (AvgIpc) is 1.49. The van der Waals surface area contributed by atoms with Gasteiger partial charge in [0, 0.05) is 68.1 Å². The number of benzene rings is 11. The number of nitrogens with zero attached hydrogens (tertiary/aromatic N) is 5. The van der Waals surface area contributed by atoms with Crippen LogP contribution in [0.15, 0.2) is 310 Å². The summed E-state index contributed by atoms with van der Waals surface area (Å²) in [7, 11) is 0. The van der Waals surface area contributed by atoms with Crippen molar-refractivity contribution in [3.05, 3.63) is 360 Å². The van der Waals surface area contributed by atoms with Gasteiger partial charge in [0.15, 0.2) is 11.6 Å². The Labute approximate surface area is 532 Å². The normalized spacial score (nSPS) is 17.0. The molecule has 92 heavy (non-hydrogen) atoms. The minimum atomic E-state index is -0.578. The number of hydrogen-bond donors (Lipinski definition) is 0. The van der Waals surface area contributed by atoms with Gasteiger partial charge in [0.05, 0.1) is 39.3 Å². The standard InChI is InChI=1S/C85H53N5O2/c1-3-21-52(22-4-1)74-50-76(89-82(87-74)55-39-44-71-80(48-55)91-78-36-17-15-33-69(78)84(71)65-30-12-9-27-60(65)61-28-10-13-31-66(61)84)63-42-41-57(58-25-7-8-26-59(58)63)54-38-43-68-64(47-54)62-29-11-14-32-67(62)85(68)70-34-16-18-37-79(70)92-81-49-56(40-45-72(81)85)83-88-75(53-23-5-2-6-24-53)51-77(90-83)73-35-19-20-46-86-73/h1-51,64,68H. The van der Waals surface area contributed by atoms with Crippen LogP contribution in [0.2, 0.25) is 0 Å². The average molecular weight is 1180 g/mol. The number of hydrogen-bond acceptors (Lipinski definition) is 7. The second-order valence-electron chi connectivity index (χ2n) is 24.5. The van der Waals surface area contributed by atoms with Crippen LogP contribution in [-0.2, 0) is 10.8 Å². The van der Waals surface area contributed by atoms with E-state index in [1.807, 2.05) is 48.5 Å². The highest BCUT2D eigenvalue weighted by atomic mass is 16.5. The smallest absolute Gasteiger partial charge is 0.160 e.